The molecule has 0 saturated carbocycles. The van der Waals surface area contributed by atoms with Crippen molar-refractivity contribution in [1.82, 2.24) is 16.0 Å². The standard InChI is InChI=1S/C14H19N3O5S2/c18-12(17-10-4-7-24(21,22)9-10)8-16-14(20)13(19)15-5-3-11-2-1-6-23-11/h1-2,6,10H,3-5,7-9H2,(H,15,19)(H,16,20)(H,17,18). The first-order chi connectivity index (χ1) is 11.4. The normalized spacial score (nSPS) is 18.8. The van der Waals surface area contributed by atoms with E-state index >= 15 is 0 Å². The second-order valence-corrected chi connectivity index (χ2v) is 8.70. The molecule has 10 heteroatoms. The topological polar surface area (TPSA) is 121 Å². The van der Waals surface area contributed by atoms with Gasteiger partial charge in [0.05, 0.1) is 18.1 Å². The Labute approximate surface area is 143 Å². The van der Waals surface area contributed by atoms with Gasteiger partial charge in [-0.2, -0.15) is 0 Å². The van der Waals surface area contributed by atoms with Gasteiger partial charge in [0.15, 0.2) is 9.84 Å². The predicted octanol–water partition coefficient (Wildman–Crippen LogP) is -1.17. The molecule has 0 bridgehead atoms. The summed E-state index contributed by atoms with van der Waals surface area (Å²) in [5, 5.41) is 9.14. The van der Waals surface area contributed by atoms with E-state index in [1.54, 1.807) is 11.3 Å². The Morgan fingerprint density at radius 3 is 2.58 bits per heavy atom. The van der Waals surface area contributed by atoms with Crippen LogP contribution >= 0.6 is 11.3 Å². The highest BCUT2D eigenvalue weighted by molar-refractivity contribution is 7.91. The van der Waals surface area contributed by atoms with E-state index in [0.29, 0.717) is 19.4 Å². The summed E-state index contributed by atoms with van der Waals surface area (Å²) in [6.07, 6.45) is 0.999. The summed E-state index contributed by atoms with van der Waals surface area (Å²) in [6, 6.07) is 3.41. The van der Waals surface area contributed by atoms with Gasteiger partial charge < -0.3 is 16.0 Å². The lowest BCUT2D eigenvalue weighted by molar-refractivity contribution is -0.139. The van der Waals surface area contributed by atoms with E-state index in [9.17, 15) is 22.8 Å². The summed E-state index contributed by atoms with van der Waals surface area (Å²) in [5.41, 5.74) is 0. The van der Waals surface area contributed by atoms with Crippen molar-refractivity contribution in [2.24, 2.45) is 0 Å². The van der Waals surface area contributed by atoms with E-state index in [1.165, 1.54) is 0 Å². The van der Waals surface area contributed by atoms with Gasteiger partial charge in [0, 0.05) is 17.5 Å². The first kappa shape index (κ1) is 18.4. The van der Waals surface area contributed by atoms with Crippen LogP contribution < -0.4 is 16.0 Å². The number of amides is 3. The third-order valence-electron chi connectivity index (χ3n) is 3.45. The summed E-state index contributed by atoms with van der Waals surface area (Å²) in [6.45, 7) is -0.0351. The van der Waals surface area contributed by atoms with Crippen molar-refractivity contribution in [2.45, 2.75) is 18.9 Å². The van der Waals surface area contributed by atoms with Crippen molar-refractivity contribution >= 4 is 38.9 Å². The third kappa shape index (κ3) is 5.93. The quantitative estimate of drug-likeness (QED) is 0.542. The molecule has 0 spiro atoms. The van der Waals surface area contributed by atoms with Crippen molar-refractivity contribution in [2.75, 3.05) is 24.6 Å². The molecule has 2 heterocycles. The van der Waals surface area contributed by atoms with Crippen LogP contribution in [0, 0.1) is 0 Å². The van der Waals surface area contributed by atoms with Gasteiger partial charge in [0.25, 0.3) is 0 Å². The maximum absolute atomic E-state index is 11.7. The molecule has 3 N–H and O–H groups in total. The van der Waals surface area contributed by atoms with Crippen molar-refractivity contribution in [3.63, 3.8) is 0 Å². The van der Waals surface area contributed by atoms with Gasteiger partial charge in [-0.3, -0.25) is 14.4 Å². The van der Waals surface area contributed by atoms with Crippen LogP contribution in [0.25, 0.3) is 0 Å². The van der Waals surface area contributed by atoms with E-state index in [-0.39, 0.29) is 18.1 Å². The van der Waals surface area contributed by atoms with Crippen LogP contribution in [0.15, 0.2) is 17.5 Å². The molecule has 8 nitrogen and oxygen atoms in total. The molecule has 24 heavy (non-hydrogen) atoms. The Morgan fingerprint density at radius 2 is 1.96 bits per heavy atom. The molecule has 1 fully saturated rings. The Hall–Kier alpha value is -1.94. The van der Waals surface area contributed by atoms with E-state index in [0.717, 1.165) is 4.88 Å². The lowest BCUT2D eigenvalue weighted by Gasteiger charge is -2.11. The van der Waals surface area contributed by atoms with Crippen LogP contribution in [-0.4, -0.2) is 56.8 Å². The van der Waals surface area contributed by atoms with Gasteiger partial charge in [0.1, 0.15) is 0 Å². The van der Waals surface area contributed by atoms with Crippen LogP contribution in [0.3, 0.4) is 0 Å². The van der Waals surface area contributed by atoms with Crippen molar-refractivity contribution in [3.8, 4) is 0 Å². The number of rotatable bonds is 6. The van der Waals surface area contributed by atoms with E-state index in [4.69, 9.17) is 0 Å². The number of carbonyl (C=O) groups is 3. The molecular formula is C14H19N3O5S2. The van der Waals surface area contributed by atoms with Crippen LogP contribution in [0.2, 0.25) is 0 Å². The lowest BCUT2D eigenvalue weighted by atomic mass is 10.2. The molecule has 1 saturated heterocycles. The highest BCUT2D eigenvalue weighted by Gasteiger charge is 2.28. The minimum atomic E-state index is -3.08. The molecule has 1 aliphatic rings. The van der Waals surface area contributed by atoms with Gasteiger partial charge in [-0.1, -0.05) is 6.07 Å². The fraction of sp³-hybridized carbons (Fsp3) is 0.500. The van der Waals surface area contributed by atoms with Gasteiger partial charge in [0.2, 0.25) is 5.91 Å². The van der Waals surface area contributed by atoms with Crippen LogP contribution in [0.1, 0.15) is 11.3 Å². The van der Waals surface area contributed by atoms with Crippen LogP contribution in [-0.2, 0) is 30.6 Å². The number of hydrogen-bond acceptors (Lipinski definition) is 6. The number of sulfone groups is 1. The van der Waals surface area contributed by atoms with Crippen LogP contribution in [0.5, 0.6) is 0 Å². The number of thiophene rings is 1. The Bertz CT molecular complexity index is 700. The zero-order valence-corrected chi connectivity index (χ0v) is 14.5. The molecule has 1 unspecified atom stereocenters. The molecule has 1 aromatic heterocycles. The number of carbonyl (C=O) groups excluding carboxylic acids is 3. The molecule has 0 aliphatic carbocycles. The second kappa shape index (κ2) is 8.25. The van der Waals surface area contributed by atoms with Crippen molar-refractivity contribution in [3.05, 3.63) is 22.4 Å². The fourth-order valence-electron chi connectivity index (χ4n) is 2.26. The van der Waals surface area contributed by atoms with E-state index in [2.05, 4.69) is 16.0 Å². The summed E-state index contributed by atoms with van der Waals surface area (Å²) in [7, 11) is -3.08. The first-order valence-corrected chi connectivity index (χ1v) is 10.1. The van der Waals surface area contributed by atoms with Gasteiger partial charge in [-0.15, -0.1) is 11.3 Å². The molecule has 0 radical (unpaired) electrons. The molecule has 2 rings (SSSR count). The second-order valence-electron chi connectivity index (χ2n) is 5.44. The molecule has 1 aliphatic heterocycles. The first-order valence-electron chi connectivity index (χ1n) is 7.44. The maximum atomic E-state index is 11.7. The largest absolute Gasteiger partial charge is 0.351 e. The average Bonchev–Trinajstić information content (AvgIpc) is 3.14. The van der Waals surface area contributed by atoms with E-state index in [1.807, 2.05) is 17.5 Å². The fourth-order valence-corrected chi connectivity index (χ4v) is 4.65. The highest BCUT2D eigenvalue weighted by atomic mass is 32.2. The number of hydrogen-bond donors (Lipinski definition) is 3. The molecule has 0 aromatic carbocycles. The van der Waals surface area contributed by atoms with Gasteiger partial charge in [-0.25, -0.2) is 8.42 Å². The van der Waals surface area contributed by atoms with Crippen molar-refractivity contribution in [1.29, 1.82) is 0 Å². The minimum absolute atomic E-state index is 0.0525. The molecule has 1 atom stereocenters. The summed E-state index contributed by atoms with van der Waals surface area (Å²) < 4.78 is 22.6. The average molecular weight is 373 g/mol. The molecule has 3 amide bonds. The van der Waals surface area contributed by atoms with Crippen molar-refractivity contribution < 1.29 is 22.8 Å². The SMILES string of the molecule is O=C(CNC(=O)C(=O)NCCc1cccs1)NC1CCS(=O)(=O)C1. The summed E-state index contributed by atoms with van der Waals surface area (Å²) in [5.74, 6) is -2.25. The molecule has 1 aromatic rings. The van der Waals surface area contributed by atoms with E-state index < -0.39 is 33.6 Å². The van der Waals surface area contributed by atoms with Gasteiger partial charge >= 0.3 is 11.8 Å². The minimum Gasteiger partial charge on any atom is -0.351 e. The summed E-state index contributed by atoms with van der Waals surface area (Å²) in [4.78, 5) is 35.9. The maximum Gasteiger partial charge on any atom is 0.309 e. The Morgan fingerprint density at radius 1 is 1.21 bits per heavy atom. The third-order valence-corrected chi connectivity index (χ3v) is 6.15. The zero-order chi connectivity index (χ0) is 17.6. The predicted molar refractivity (Wildman–Crippen MR) is 89.2 cm³/mol. The zero-order valence-electron chi connectivity index (χ0n) is 12.9. The number of nitrogens with one attached hydrogen (secondary N) is 3. The smallest absolute Gasteiger partial charge is 0.309 e. The van der Waals surface area contributed by atoms with Crippen LogP contribution in [0.4, 0.5) is 0 Å². The lowest BCUT2D eigenvalue weighted by Crippen LogP contribution is -2.46. The summed E-state index contributed by atoms with van der Waals surface area (Å²) >= 11 is 1.56. The molecule has 132 valence electrons. The van der Waals surface area contributed by atoms with Gasteiger partial charge in [-0.05, 0) is 24.3 Å². The monoisotopic (exact) mass is 373 g/mol. The highest BCUT2D eigenvalue weighted by Crippen LogP contribution is 2.10. The Kier molecular flexibility index (Phi) is 6.32. The molecular weight excluding hydrogens is 354 g/mol. The Balaban J connectivity index is 1.62.